The molecule has 0 aliphatic carbocycles. The molecule has 1 aliphatic rings. The molecule has 0 saturated carbocycles. The predicted octanol–water partition coefficient (Wildman–Crippen LogP) is 0.609. The largest absolute Gasteiger partial charge is 0.486 e. The highest BCUT2D eigenvalue weighted by atomic mass is 16.6. The topological polar surface area (TPSA) is 59.8 Å². The predicted molar refractivity (Wildman–Crippen MR) is 75.8 cm³/mol. The Bertz CT molecular complexity index is 410. The van der Waals surface area contributed by atoms with Gasteiger partial charge in [0.1, 0.15) is 13.2 Å². The van der Waals surface area contributed by atoms with Crippen molar-refractivity contribution in [3.8, 4) is 11.5 Å². The average molecular weight is 265 g/mol. The molecule has 2 rings (SSSR count). The quantitative estimate of drug-likeness (QED) is 0.789. The van der Waals surface area contributed by atoms with Crippen LogP contribution in [0.4, 0.5) is 0 Å². The minimum absolute atomic E-state index is 0.149. The van der Waals surface area contributed by atoms with Crippen LogP contribution in [0.3, 0.4) is 0 Å². The van der Waals surface area contributed by atoms with Gasteiger partial charge in [-0.3, -0.25) is 0 Å². The monoisotopic (exact) mass is 265 g/mol. The lowest BCUT2D eigenvalue weighted by molar-refractivity contribution is 0.171. The number of hydrogen-bond acceptors (Lipinski definition) is 5. The summed E-state index contributed by atoms with van der Waals surface area (Å²) in [5.41, 5.74) is 6.99. The Morgan fingerprint density at radius 3 is 2.68 bits per heavy atom. The Morgan fingerprint density at radius 1 is 1.26 bits per heavy atom. The van der Waals surface area contributed by atoms with E-state index in [9.17, 15) is 0 Å². The van der Waals surface area contributed by atoms with Crippen molar-refractivity contribution in [2.45, 2.75) is 6.04 Å². The van der Waals surface area contributed by atoms with Crippen molar-refractivity contribution < 1.29 is 9.47 Å². The molecule has 0 spiro atoms. The van der Waals surface area contributed by atoms with Crippen molar-refractivity contribution in [1.29, 1.82) is 0 Å². The van der Waals surface area contributed by atoms with Crippen LogP contribution in [0.5, 0.6) is 11.5 Å². The first kappa shape index (κ1) is 14.1. The van der Waals surface area contributed by atoms with Gasteiger partial charge >= 0.3 is 0 Å². The zero-order valence-corrected chi connectivity index (χ0v) is 11.7. The van der Waals surface area contributed by atoms with Crippen LogP contribution >= 0.6 is 0 Å². The van der Waals surface area contributed by atoms with Crippen LogP contribution in [0.2, 0.25) is 0 Å². The van der Waals surface area contributed by atoms with E-state index < -0.39 is 0 Å². The van der Waals surface area contributed by atoms with E-state index >= 15 is 0 Å². The number of nitrogens with one attached hydrogen (secondary N) is 1. The van der Waals surface area contributed by atoms with Gasteiger partial charge in [0.2, 0.25) is 0 Å². The molecule has 19 heavy (non-hydrogen) atoms. The van der Waals surface area contributed by atoms with Gasteiger partial charge < -0.3 is 25.4 Å². The molecule has 1 heterocycles. The van der Waals surface area contributed by atoms with Crippen LogP contribution < -0.4 is 20.5 Å². The lowest BCUT2D eigenvalue weighted by Crippen LogP contribution is -2.33. The summed E-state index contributed by atoms with van der Waals surface area (Å²) < 4.78 is 11.1. The molecule has 106 valence electrons. The van der Waals surface area contributed by atoms with Gasteiger partial charge in [-0.05, 0) is 31.8 Å². The summed E-state index contributed by atoms with van der Waals surface area (Å²) in [5.74, 6) is 1.63. The number of nitrogens with zero attached hydrogens (tertiary/aromatic N) is 1. The molecule has 5 heteroatoms. The smallest absolute Gasteiger partial charge is 0.161 e. The molecule has 0 radical (unpaired) electrons. The van der Waals surface area contributed by atoms with E-state index in [0.29, 0.717) is 19.8 Å². The first-order chi connectivity index (χ1) is 9.20. The van der Waals surface area contributed by atoms with Crippen molar-refractivity contribution in [3.63, 3.8) is 0 Å². The third-order valence-corrected chi connectivity index (χ3v) is 3.15. The van der Waals surface area contributed by atoms with Crippen LogP contribution in [-0.4, -0.2) is 51.8 Å². The van der Waals surface area contributed by atoms with Gasteiger partial charge in [0.25, 0.3) is 0 Å². The summed E-state index contributed by atoms with van der Waals surface area (Å²) in [7, 11) is 4.12. The van der Waals surface area contributed by atoms with Gasteiger partial charge in [0.15, 0.2) is 11.5 Å². The van der Waals surface area contributed by atoms with Crippen molar-refractivity contribution >= 4 is 0 Å². The van der Waals surface area contributed by atoms with E-state index in [1.807, 2.05) is 18.2 Å². The second-order valence-electron chi connectivity index (χ2n) is 4.95. The zero-order chi connectivity index (χ0) is 13.7. The second kappa shape index (κ2) is 6.75. The summed E-state index contributed by atoms with van der Waals surface area (Å²) in [6.45, 7) is 3.68. The van der Waals surface area contributed by atoms with Crippen LogP contribution in [0.25, 0.3) is 0 Å². The molecule has 1 aliphatic heterocycles. The maximum Gasteiger partial charge on any atom is 0.161 e. The lowest BCUT2D eigenvalue weighted by atomic mass is 10.1. The average Bonchev–Trinajstić information content (AvgIpc) is 2.43. The van der Waals surface area contributed by atoms with Crippen molar-refractivity contribution in [2.24, 2.45) is 5.73 Å². The number of benzene rings is 1. The van der Waals surface area contributed by atoms with Crippen LogP contribution in [0, 0.1) is 0 Å². The SMILES string of the molecule is CN(C)CCNC(CN)c1ccc2c(c1)OCCO2. The molecule has 0 amide bonds. The van der Waals surface area contributed by atoms with Gasteiger partial charge in [-0.1, -0.05) is 6.07 Å². The number of ether oxygens (including phenoxy) is 2. The van der Waals surface area contributed by atoms with Crippen LogP contribution in [0.15, 0.2) is 18.2 Å². The Labute approximate surface area is 114 Å². The third-order valence-electron chi connectivity index (χ3n) is 3.15. The summed E-state index contributed by atoms with van der Waals surface area (Å²) in [4.78, 5) is 2.14. The standard InChI is InChI=1S/C14H23N3O2/c1-17(2)6-5-16-12(10-15)11-3-4-13-14(9-11)19-8-7-18-13/h3-4,9,12,16H,5-8,10,15H2,1-2H3. The Hall–Kier alpha value is -1.30. The molecule has 1 atom stereocenters. The zero-order valence-electron chi connectivity index (χ0n) is 11.7. The number of likely N-dealkylation sites (N-methyl/N-ethyl adjacent to an activating group) is 1. The molecular formula is C14H23N3O2. The van der Waals surface area contributed by atoms with Crippen LogP contribution in [-0.2, 0) is 0 Å². The Kier molecular flexibility index (Phi) is 5.01. The molecule has 1 aromatic carbocycles. The fraction of sp³-hybridized carbons (Fsp3) is 0.571. The summed E-state index contributed by atoms with van der Waals surface area (Å²) >= 11 is 0. The number of nitrogens with two attached hydrogens (primary N) is 1. The minimum Gasteiger partial charge on any atom is -0.486 e. The van der Waals surface area contributed by atoms with E-state index in [0.717, 1.165) is 30.2 Å². The fourth-order valence-electron chi connectivity index (χ4n) is 2.08. The van der Waals surface area contributed by atoms with Crippen LogP contribution in [0.1, 0.15) is 11.6 Å². The summed E-state index contributed by atoms with van der Waals surface area (Å²) in [6.07, 6.45) is 0. The molecule has 1 unspecified atom stereocenters. The number of hydrogen-bond donors (Lipinski definition) is 2. The first-order valence-electron chi connectivity index (χ1n) is 6.68. The molecule has 0 aromatic heterocycles. The van der Waals surface area contributed by atoms with Gasteiger partial charge in [-0.25, -0.2) is 0 Å². The molecule has 0 fully saturated rings. The summed E-state index contributed by atoms with van der Waals surface area (Å²) in [5, 5.41) is 3.46. The van der Waals surface area contributed by atoms with Crippen molar-refractivity contribution in [2.75, 3.05) is 46.9 Å². The van der Waals surface area contributed by atoms with E-state index in [4.69, 9.17) is 15.2 Å². The van der Waals surface area contributed by atoms with Gasteiger partial charge in [0.05, 0.1) is 0 Å². The second-order valence-corrected chi connectivity index (χ2v) is 4.95. The van der Waals surface area contributed by atoms with E-state index in [1.54, 1.807) is 0 Å². The van der Waals surface area contributed by atoms with E-state index in [-0.39, 0.29) is 6.04 Å². The molecule has 0 saturated heterocycles. The molecule has 5 nitrogen and oxygen atoms in total. The highest BCUT2D eigenvalue weighted by Crippen LogP contribution is 2.32. The lowest BCUT2D eigenvalue weighted by Gasteiger charge is -2.22. The van der Waals surface area contributed by atoms with Gasteiger partial charge in [-0.2, -0.15) is 0 Å². The highest BCUT2D eigenvalue weighted by Gasteiger charge is 2.15. The highest BCUT2D eigenvalue weighted by molar-refractivity contribution is 5.44. The fourth-order valence-corrected chi connectivity index (χ4v) is 2.08. The first-order valence-corrected chi connectivity index (χ1v) is 6.68. The van der Waals surface area contributed by atoms with Crippen molar-refractivity contribution in [1.82, 2.24) is 10.2 Å². The molecule has 3 N–H and O–H groups in total. The van der Waals surface area contributed by atoms with Gasteiger partial charge in [-0.15, -0.1) is 0 Å². The number of fused-ring (bicyclic) bond motifs is 1. The van der Waals surface area contributed by atoms with E-state index in [2.05, 4.69) is 24.3 Å². The maximum absolute atomic E-state index is 5.85. The van der Waals surface area contributed by atoms with Gasteiger partial charge in [0, 0.05) is 25.7 Å². The summed E-state index contributed by atoms with van der Waals surface area (Å²) in [6, 6.07) is 6.18. The molecule has 0 bridgehead atoms. The Morgan fingerprint density at radius 2 is 2.00 bits per heavy atom. The van der Waals surface area contributed by atoms with Crippen molar-refractivity contribution in [3.05, 3.63) is 23.8 Å². The Balaban J connectivity index is 2.01. The molecular weight excluding hydrogens is 242 g/mol. The van der Waals surface area contributed by atoms with E-state index in [1.165, 1.54) is 0 Å². The maximum atomic E-state index is 5.85. The minimum atomic E-state index is 0.149. The normalized spacial score (nSPS) is 15.6. The number of rotatable bonds is 6. The third kappa shape index (κ3) is 3.83. The molecule has 1 aromatic rings.